The first-order chi connectivity index (χ1) is 15.2. The van der Waals surface area contributed by atoms with Crippen LogP contribution >= 0.6 is 22.9 Å². The number of para-hydroxylation sites is 1. The predicted molar refractivity (Wildman–Crippen MR) is 130 cm³/mol. The molecule has 1 heterocycles. The van der Waals surface area contributed by atoms with Crippen molar-refractivity contribution in [2.45, 2.75) is 38.5 Å². The van der Waals surface area contributed by atoms with Crippen LogP contribution in [0.4, 0.5) is 10.7 Å². The van der Waals surface area contributed by atoms with Crippen molar-refractivity contribution >= 4 is 45.7 Å². The molecule has 1 aromatic heterocycles. The minimum absolute atomic E-state index is 0.102. The molecule has 4 rings (SSSR count). The normalized spacial score (nSPS) is 14.0. The molecular formula is C25H25ClN2O2S. The van der Waals surface area contributed by atoms with Gasteiger partial charge < -0.3 is 10.1 Å². The summed E-state index contributed by atoms with van der Waals surface area (Å²) in [5.74, 6) is 0.591. The highest BCUT2D eigenvalue weighted by molar-refractivity contribution is 7.16. The number of fused-ring (bicyclic) bond motifs is 1. The Hall–Kier alpha value is -2.63. The van der Waals surface area contributed by atoms with E-state index >= 15 is 0 Å². The maximum Gasteiger partial charge on any atom is 0.259 e. The summed E-state index contributed by atoms with van der Waals surface area (Å²) in [5, 5.41) is 4.40. The second kappa shape index (κ2) is 10.1. The molecule has 0 unspecified atom stereocenters. The van der Waals surface area contributed by atoms with Crippen LogP contribution < -0.4 is 10.1 Å². The van der Waals surface area contributed by atoms with Crippen molar-refractivity contribution in [3.8, 4) is 5.75 Å². The Bertz CT molecular complexity index is 1090. The second-order valence-corrected chi connectivity index (χ2v) is 9.08. The number of nitrogens with zero attached hydrogens (tertiary/aromatic N) is 1. The fourth-order valence-electron chi connectivity index (χ4n) is 3.88. The summed E-state index contributed by atoms with van der Waals surface area (Å²) >= 11 is 7.80. The molecule has 1 amide bonds. The van der Waals surface area contributed by atoms with E-state index < -0.39 is 0 Å². The minimum atomic E-state index is -0.102. The Balaban J connectivity index is 1.73. The van der Waals surface area contributed by atoms with Gasteiger partial charge in [0, 0.05) is 27.4 Å². The molecule has 2 aromatic carbocycles. The molecule has 4 nitrogen and oxygen atoms in total. The van der Waals surface area contributed by atoms with Gasteiger partial charge >= 0.3 is 0 Å². The van der Waals surface area contributed by atoms with Crippen LogP contribution in [0, 0.1) is 0 Å². The summed E-state index contributed by atoms with van der Waals surface area (Å²) in [6.07, 6.45) is 8.34. The number of amides is 1. The Morgan fingerprint density at radius 1 is 1.10 bits per heavy atom. The summed E-state index contributed by atoms with van der Waals surface area (Å²) in [6, 6.07) is 15.0. The molecule has 0 aliphatic heterocycles. The van der Waals surface area contributed by atoms with E-state index in [0.29, 0.717) is 16.3 Å². The monoisotopic (exact) mass is 452 g/mol. The number of ether oxygens (including phenoxy) is 1. The van der Waals surface area contributed by atoms with Gasteiger partial charge in [0.1, 0.15) is 10.8 Å². The molecule has 0 atom stereocenters. The zero-order valence-corrected chi connectivity index (χ0v) is 19.1. The number of halogens is 1. The minimum Gasteiger partial charge on any atom is -0.496 e. The van der Waals surface area contributed by atoms with Crippen molar-refractivity contribution in [3.05, 3.63) is 75.1 Å². The van der Waals surface area contributed by atoms with Crippen LogP contribution in [0.5, 0.6) is 5.75 Å². The number of thiophene rings is 1. The number of aliphatic imine (C=N–C) groups is 1. The lowest BCUT2D eigenvalue weighted by Gasteiger charge is -2.12. The molecule has 0 bridgehead atoms. The van der Waals surface area contributed by atoms with Crippen LogP contribution in [0.25, 0.3) is 0 Å². The van der Waals surface area contributed by atoms with E-state index in [9.17, 15) is 4.79 Å². The molecule has 1 aliphatic carbocycles. The first-order valence-electron chi connectivity index (χ1n) is 10.5. The number of nitrogens with one attached hydrogen (secondary N) is 1. The van der Waals surface area contributed by atoms with E-state index in [-0.39, 0.29) is 5.91 Å². The van der Waals surface area contributed by atoms with E-state index in [1.165, 1.54) is 17.7 Å². The van der Waals surface area contributed by atoms with Crippen LogP contribution in [-0.4, -0.2) is 19.2 Å². The maximum absolute atomic E-state index is 13.3. The zero-order chi connectivity index (χ0) is 21.6. The van der Waals surface area contributed by atoms with Crippen molar-refractivity contribution in [2.75, 3.05) is 12.4 Å². The number of benzene rings is 2. The highest BCUT2D eigenvalue weighted by Crippen LogP contribution is 2.39. The summed E-state index contributed by atoms with van der Waals surface area (Å²) in [6.45, 7) is 0. The molecule has 0 saturated carbocycles. The fourth-order valence-corrected chi connectivity index (χ4v) is 5.29. The average molecular weight is 453 g/mol. The first kappa shape index (κ1) is 21.6. The Morgan fingerprint density at radius 2 is 1.87 bits per heavy atom. The topological polar surface area (TPSA) is 50.7 Å². The van der Waals surface area contributed by atoms with E-state index in [1.54, 1.807) is 30.7 Å². The lowest BCUT2D eigenvalue weighted by atomic mass is 9.96. The zero-order valence-electron chi connectivity index (χ0n) is 17.5. The van der Waals surface area contributed by atoms with E-state index in [1.807, 2.05) is 42.5 Å². The van der Waals surface area contributed by atoms with Crippen molar-refractivity contribution in [1.82, 2.24) is 0 Å². The fraction of sp³-hybridized carbons (Fsp3) is 0.280. The third-order valence-electron chi connectivity index (χ3n) is 5.42. The Morgan fingerprint density at radius 3 is 2.65 bits per heavy atom. The van der Waals surface area contributed by atoms with Gasteiger partial charge in [-0.15, -0.1) is 11.3 Å². The van der Waals surface area contributed by atoms with Crippen molar-refractivity contribution in [1.29, 1.82) is 0 Å². The summed E-state index contributed by atoms with van der Waals surface area (Å²) in [7, 11) is 1.62. The first-order valence-corrected chi connectivity index (χ1v) is 11.7. The predicted octanol–water partition coefficient (Wildman–Crippen LogP) is 7.07. The highest BCUT2D eigenvalue weighted by Gasteiger charge is 2.24. The van der Waals surface area contributed by atoms with Crippen LogP contribution in [0.3, 0.4) is 0 Å². The highest BCUT2D eigenvalue weighted by atomic mass is 35.5. The maximum atomic E-state index is 13.3. The standard InChI is InChI=1S/C25H25ClN2O2S/c1-30-21-14-13-18(26)15-17(21)16-27-25-23(24(29)28-19-9-5-4-6-10-19)20-11-7-2-3-8-12-22(20)31-25/h4-6,9-10,13-16H,2-3,7-8,11-12H2,1H3,(H,28,29). The average Bonchev–Trinajstić information content (AvgIpc) is 3.09. The molecule has 0 saturated heterocycles. The van der Waals surface area contributed by atoms with Gasteiger partial charge in [0.25, 0.3) is 5.91 Å². The molecule has 1 N–H and O–H groups in total. The largest absolute Gasteiger partial charge is 0.496 e. The Kier molecular flexibility index (Phi) is 7.05. The summed E-state index contributed by atoms with van der Waals surface area (Å²) in [5.41, 5.74) is 3.42. The molecular weight excluding hydrogens is 428 g/mol. The van der Waals surface area contributed by atoms with Gasteiger partial charge in [0.15, 0.2) is 0 Å². The molecule has 160 valence electrons. The van der Waals surface area contributed by atoms with Gasteiger partial charge in [-0.05, 0) is 61.6 Å². The summed E-state index contributed by atoms with van der Waals surface area (Å²) in [4.78, 5) is 19.4. The van der Waals surface area contributed by atoms with E-state index in [2.05, 4.69) is 5.32 Å². The third-order valence-corrected chi connectivity index (χ3v) is 6.86. The van der Waals surface area contributed by atoms with Crippen LogP contribution in [0.15, 0.2) is 53.5 Å². The van der Waals surface area contributed by atoms with Crippen LogP contribution in [-0.2, 0) is 12.8 Å². The van der Waals surface area contributed by atoms with Gasteiger partial charge in [-0.25, -0.2) is 4.99 Å². The number of rotatable bonds is 5. The van der Waals surface area contributed by atoms with Gasteiger partial charge in [-0.3, -0.25) is 4.79 Å². The van der Waals surface area contributed by atoms with Crippen LogP contribution in [0.1, 0.15) is 52.0 Å². The summed E-state index contributed by atoms with van der Waals surface area (Å²) < 4.78 is 5.43. The number of anilines is 1. The van der Waals surface area contributed by atoms with Gasteiger partial charge in [-0.2, -0.15) is 0 Å². The lowest BCUT2D eigenvalue weighted by Crippen LogP contribution is -2.14. The van der Waals surface area contributed by atoms with E-state index in [4.69, 9.17) is 21.3 Å². The van der Waals surface area contributed by atoms with Crippen molar-refractivity contribution in [3.63, 3.8) is 0 Å². The lowest BCUT2D eigenvalue weighted by molar-refractivity contribution is 0.102. The van der Waals surface area contributed by atoms with Gasteiger partial charge in [0.05, 0.1) is 12.7 Å². The second-order valence-electron chi connectivity index (χ2n) is 7.56. The molecule has 6 heteroatoms. The van der Waals surface area contributed by atoms with Crippen molar-refractivity contribution < 1.29 is 9.53 Å². The number of carbonyl (C=O) groups excluding carboxylic acids is 1. The van der Waals surface area contributed by atoms with E-state index in [0.717, 1.165) is 47.5 Å². The quantitative estimate of drug-likeness (QED) is 0.421. The van der Waals surface area contributed by atoms with Crippen LogP contribution in [0.2, 0.25) is 5.02 Å². The molecule has 3 aromatic rings. The van der Waals surface area contributed by atoms with Gasteiger partial charge in [-0.1, -0.05) is 42.6 Å². The number of aryl methyl sites for hydroxylation is 1. The number of hydrogen-bond acceptors (Lipinski definition) is 4. The Labute approximate surface area is 191 Å². The number of carbonyl (C=O) groups is 1. The van der Waals surface area contributed by atoms with Crippen molar-refractivity contribution in [2.24, 2.45) is 4.99 Å². The smallest absolute Gasteiger partial charge is 0.259 e. The molecule has 0 fully saturated rings. The number of methoxy groups -OCH3 is 1. The molecule has 1 aliphatic rings. The third kappa shape index (κ3) is 5.17. The molecule has 0 spiro atoms. The molecule has 31 heavy (non-hydrogen) atoms. The molecule has 0 radical (unpaired) electrons. The SMILES string of the molecule is COc1ccc(Cl)cc1C=Nc1sc2c(c1C(=O)Nc1ccccc1)CCCCCC2. The number of hydrogen-bond donors (Lipinski definition) is 1. The van der Waals surface area contributed by atoms with Gasteiger partial charge in [0.2, 0.25) is 0 Å².